The van der Waals surface area contributed by atoms with E-state index in [1.165, 1.54) is 0 Å². The van der Waals surface area contributed by atoms with E-state index in [4.69, 9.17) is 0 Å². The van der Waals surface area contributed by atoms with Crippen molar-refractivity contribution in [2.75, 3.05) is 0 Å². The first kappa shape index (κ1) is 12.6. The van der Waals surface area contributed by atoms with Crippen LogP contribution in [0, 0.1) is 6.92 Å². The van der Waals surface area contributed by atoms with Crippen molar-refractivity contribution >= 4 is 0 Å². The summed E-state index contributed by atoms with van der Waals surface area (Å²) in [6, 6.07) is 13.8. The van der Waals surface area contributed by atoms with Crippen LogP contribution in [0.5, 0.6) is 0 Å². The number of nitrogens with zero attached hydrogens (tertiary/aromatic N) is 3. The monoisotopic (exact) mass is 268 g/mol. The van der Waals surface area contributed by atoms with Gasteiger partial charge in [0.1, 0.15) is 0 Å². The van der Waals surface area contributed by atoms with Gasteiger partial charge in [0.05, 0.1) is 30.2 Å². The molecule has 0 spiro atoms. The zero-order valence-electron chi connectivity index (χ0n) is 11.2. The van der Waals surface area contributed by atoms with Gasteiger partial charge in [-0.25, -0.2) is 0 Å². The second-order valence-corrected chi connectivity index (χ2v) is 4.74. The Labute approximate surface area is 116 Å². The molecule has 3 rings (SSSR count). The van der Waals surface area contributed by atoms with E-state index in [9.17, 15) is 5.11 Å². The summed E-state index contributed by atoms with van der Waals surface area (Å²) in [5.74, 6) is 0. The molecule has 0 atom stereocenters. The number of benzene rings is 1. The van der Waals surface area contributed by atoms with Crippen LogP contribution in [0.3, 0.4) is 0 Å². The van der Waals surface area contributed by atoms with Crippen molar-refractivity contribution in [1.29, 1.82) is 0 Å². The van der Waals surface area contributed by atoms with Crippen LogP contribution in [-0.4, -0.2) is 25.1 Å². The lowest BCUT2D eigenvalue weighted by Gasteiger charge is -2.02. The molecule has 5 heteroatoms. The van der Waals surface area contributed by atoms with Crippen molar-refractivity contribution in [3.8, 4) is 11.3 Å². The number of H-pyrrole nitrogens is 1. The van der Waals surface area contributed by atoms with Gasteiger partial charge in [0, 0.05) is 11.3 Å². The molecule has 3 aromatic rings. The molecule has 0 saturated heterocycles. The Balaban J connectivity index is 1.93. The van der Waals surface area contributed by atoms with Crippen LogP contribution in [0.2, 0.25) is 0 Å². The average Bonchev–Trinajstić information content (AvgIpc) is 3.07. The van der Waals surface area contributed by atoms with Crippen molar-refractivity contribution in [3.05, 3.63) is 59.5 Å². The molecule has 0 aliphatic heterocycles. The Kier molecular flexibility index (Phi) is 3.35. The third kappa shape index (κ3) is 2.48. The molecule has 20 heavy (non-hydrogen) atoms. The molecule has 102 valence electrons. The zero-order valence-corrected chi connectivity index (χ0v) is 11.2. The highest BCUT2D eigenvalue weighted by Crippen LogP contribution is 2.19. The van der Waals surface area contributed by atoms with Crippen molar-refractivity contribution in [2.24, 2.45) is 0 Å². The topological polar surface area (TPSA) is 66.7 Å². The van der Waals surface area contributed by atoms with Gasteiger partial charge >= 0.3 is 0 Å². The number of hydrogen-bond acceptors (Lipinski definition) is 3. The van der Waals surface area contributed by atoms with E-state index < -0.39 is 0 Å². The SMILES string of the molecule is Cc1cc(Cn2nc(-c3ccccc3)cc2CO)n[nH]1. The fourth-order valence-electron chi connectivity index (χ4n) is 2.18. The number of aliphatic hydroxyl groups is 1. The van der Waals surface area contributed by atoms with Gasteiger partial charge in [-0.3, -0.25) is 9.78 Å². The molecule has 0 aliphatic carbocycles. The van der Waals surface area contributed by atoms with Crippen LogP contribution >= 0.6 is 0 Å². The number of rotatable bonds is 4. The number of aliphatic hydroxyl groups excluding tert-OH is 1. The maximum atomic E-state index is 9.47. The molecule has 1 aromatic carbocycles. The van der Waals surface area contributed by atoms with Crippen molar-refractivity contribution in [3.63, 3.8) is 0 Å². The molecule has 5 nitrogen and oxygen atoms in total. The van der Waals surface area contributed by atoms with Gasteiger partial charge in [0.15, 0.2) is 0 Å². The van der Waals surface area contributed by atoms with Crippen LogP contribution in [0.25, 0.3) is 11.3 Å². The highest BCUT2D eigenvalue weighted by molar-refractivity contribution is 5.59. The number of nitrogens with one attached hydrogen (secondary N) is 1. The molecule has 2 heterocycles. The first-order valence-corrected chi connectivity index (χ1v) is 6.50. The van der Waals surface area contributed by atoms with E-state index in [1.54, 1.807) is 4.68 Å². The Hall–Kier alpha value is -2.40. The lowest BCUT2D eigenvalue weighted by molar-refractivity contribution is 0.269. The van der Waals surface area contributed by atoms with E-state index >= 15 is 0 Å². The van der Waals surface area contributed by atoms with Crippen molar-refractivity contribution < 1.29 is 5.11 Å². The molecule has 0 radical (unpaired) electrons. The standard InChI is InChI=1S/C15H16N4O/c1-11-7-13(17-16-11)9-19-14(10-20)8-15(18-19)12-5-3-2-4-6-12/h2-8,20H,9-10H2,1H3,(H,16,17). The van der Waals surface area contributed by atoms with E-state index in [0.717, 1.165) is 28.3 Å². The van der Waals surface area contributed by atoms with Gasteiger partial charge in [0.2, 0.25) is 0 Å². The molecule has 0 bridgehead atoms. The number of aromatic nitrogens is 4. The summed E-state index contributed by atoms with van der Waals surface area (Å²) < 4.78 is 1.79. The second-order valence-electron chi connectivity index (χ2n) is 4.74. The molecule has 0 fully saturated rings. The molecule has 0 amide bonds. The normalized spacial score (nSPS) is 10.9. The lowest BCUT2D eigenvalue weighted by Crippen LogP contribution is -2.06. The first-order valence-electron chi connectivity index (χ1n) is 6.50. The summed E-state index contributed by atoms with van der Waals surface area (Å²) in [6.07, 6.45) is 0. The van der Waals surface area contributed by atoms with Crippen molar-refractivity contribution in [1.82, 2.24) is 20.0 Å². The highest BCUT2D eigenvalue weighted by Gasteiger charge is 2.10. The molecular formula is C15H16N4O. The summed E-state index contributed by atoms with van der Waals surface area (Å²) in [5.41, 5.74) is 4.60. The average molecular weight is 268 g/mol. The quantitative estimate of drug-likeness (QED) is 0.761. The zero-order chi connectivity index (χ0) is 13.9. The van der Waals surface area contributed by atoms with Crippen LogP contribution in [0.15, 0.2) is 42.5 Å². The smallest absolute Gasteiger partial charge is 0.0927 e. The van der Waals surface area contributed by atoms with Gasteiger partial charge in [-0.2, -0.15) is 10.2 Å². The first-order chi connectivity index (χ1) is 9.76. The third-order valence-electron chi connectivity index (χ3n) is 3.17. The minimum absolute atomic E-state index is 0.0385. The molecular weight excluding hydrogens is 252 g/mol. The highest BCUT2D eigenvalue weighted by atomic mass is 16.3. The van der Waals surface area contributed by atoms with Crippen LogP contribution < -0.4 is 0 Å². The maximum Gasteiger partial charge on any atom is 0.0927 e. The Morgan fingerprint density at radius 2 is 2.00 bits per heavy atom. The van der Waals surface area contributed by atoms with E-state index in [0.29, 0.717) is 6.54 Å². The number of hydrogen-bond donors (Lipinski definition) is 2. The summed E-state index contributed by atoms with van der Waals surface area (Å²) >= 11 is 0. The van der Waals surface area contributed by atoms with Gasteiger partial charge in [-0.15, -0.1) is 0 Å². The largest absolute Gasteiger partial charge is 0.390 e. The van der Waals surface area contributed by atoms with E-state index in [2.05, 4.69) is 15.3 Å². The predicted octanol–water partition coefficient (Wildman–Crippen LogP) is 2.12. The van der Waals surface area contributed by atoms with Gasteiger partial charge in [-0.05, 0) is 19.1 Å². The molecule has 0 unspecified atom stereocenters. The minimum Gasteiger partial charge on any atom is -0.390 e. The predicted molar refractivity (Wildman–Crippen MR) is 76.0 cm³/mol. The van der Waals surface area contributed by atoms with E-state index in [-0.39, 0.29) is 6.61 Å². The second kappa shape index (κ2) is 5.30. The van der Waals surface area contributed by atoms with E-state index in [1.807, 2.05) is 49.4 Å². The minimum atomic E-state index is -0.0385. The lowest BCUT2D eigenvalue weighted by atomic mass is 10.1. The van der Waals surface area contributed by atoms with Crippen molar-refractivity contribution in [2.45, 2.75) is 20.1 Å². The van der Waals surface area contributed by atoms with Crippen LogP contribution in [0.4, 0.5) is 0 Å². The van der Waals surface area contributed by atoms with Gasteiger partial charge < -0.3 is 5.11 Å². The molecule has 2 N–H and O–H groups in total. The fourth-order valence-corrected chi connectivity index (χ4v) is 2.18. The molecule has 0 saturated carbocycles. The summed E-state index contributed by atoms with van der Waals surface area (Å²) in [5, 5.41) is 21.1. The number of aromatic amines is 1. The van der Waals surface area contributed by atoms with Gasteiger partial charge in [0.25, 0.3) is 0 Å². The Morgan fingerprint density at radius 3 is 2.65 bits per heavy atom. The van der Waals surface area contributed by atoms with Crippen LogP contribution in [-0.2, 0) is 13.2 Å². The molecule has 2 aromatic heterocycles. The molecule has 0 aliphatic rings. The third-order valence-corrected chi connectivity index (χ3v) is 3.17. The summed E-state index contributed by atoms with van der Waals surface area (Å²) in [6.45, 7) is 2.47. The fraction of sp³-hybridized carbons (Fsp3) is 0.200. The van der Waals surface area contributed by atoms with Gasteiger partial charge in [-0.1, -0.05) is 30.3 Å². The Bertz CT molecular complexity index is 700. The maximum absolute atomic E-state index is 9.47. The number of aryl methyl sites for hydroxylation is 1. The summed E-state index contributed by atoms with van der Waals surface area (Å²) in [4.78, 5) is 0. The summed E-state index contributed by atoms with van der Waals surface area (Å²) in [7, 11) is 0. The Morgan fingerprint density at radius 1 is 1.20 bits per heavy atom. The van der Waals surface area contributed by atoms with Crippen LogP contribution in [0.1, 0.15) is 17.1 Å².